The van der Waals surface area contributed by atoms with Gasteiger partial charge >= 0.3 is 6.09 Å². The first kappa shape index (κ1) is 14.0. The third-order valence-electron chi connectivity index (χ3n) is 3.94. The van der Waals surface area contributed by atoms with E-state index >= 15 is 0 Å². The highest BCUT2D eigenvalue weighted by atomic mass is 16.6. The number of carbonyl (C=O) groups excluding carboxylic acids is 1. The van der Waals surface area contributed by atoms with Gasteiger partial charge in [-0.15, -0.1) is 0 Å². The summed E-state index contributed by atoms with van der Waals surface area (Å²) in [6.45, 7) is 8.15. The third kappa shape index (κ3) is 2.95. The van der Waals surface area contributed by atoms with Crippen molar-refractivity contribution in [2.75, 3.05) is 6.54 Å². The highest BCUT2D eigenvalue weighted by Gasteiger charge is 2.55. The SMILES string of the molecule is C[C@@H]1CC2(CC2)N(C(=O)OC(C)(C)C)CC1N=[N+]=[N-]. The van der Waals surface area contributed by atoms with Crippen LogP contribution in [0.5, 0.6) is 0 Å². The molecule has 0 bridgehead atoms. The van der Waals surface area contributed by atoms with Crippen LogP contribution in [0.1, 0.15) is 47.0 Å². The molecule has 2 fully saturated rings. The van der Waals surface area contributed by atoms with Crippen LogP contribution in [0.2, 0.25) is 0 Å². The Hall–Kier alpha value is -1.42. The second-order valence-corrected chi connectivity index (χ2v) is 6.77. The lowest BCUT2D eigenvalue weighted by Gasteiger charge is -2.42. The van der Waals surface area contributed by atoms with Gasteiger partial charge in [0.25, 0.3) is 0 Å². The van der Waals surface area contributed by atoms with Gasteiger partial charge < -0.3 is 9.64 Å². The molecule has 2 atom stereocenters. The molecular weight excluding hydrogens is 244 g/mol. The number of ether oxygens (including phenoxy) is 1. The lowest BCUT2D eigenvalue weighted by atomic mass is 9.87. The van der Waals surface area contributed by atoms with Gasteiger partial charge in [-0.25, -0.2) is 4.79 Å². The number of piperidine rings is 1. The molecule has 1 aliphatic heterocycles. The lowest BCUT2D eigenvalue weighted by Crippen LogP contribution is -2.54. The van der Waals surface area contributed by atoms with Gasteiger partial charge in [-0.3, -0.25) is 0 Å². The van der Waals surface area contributed by atoms with Crippen LogP contribution in [0.25, 0.3) is 10.4 Å². The second kappa shape index (κ2) is 4.60. The predicted octanol–water partition coefficient (Wildman–Crippen LogP) is 3.47. The average Bonchev–Trinajstić information content (AvgIpc) is 3.00. The maximum Gasteiger partial charge on any atom is 0.410 e. The summed E-state index contributed by atoms with van der Waals surface area (Å²) in [5.41, 5.74) is 8.08. The highest BCUT2D eigenvalue weighted by Crippen LogP contribution is 2.50. The quantitative estimate of drug-likeness (QED) is 0.414. The zero-order chi connectivity index (χ0) is 14.3. The average molecular weight is 266 g/mol. The van der Waals surface area contributed by atoms with E-state index in [-0.39, 0.29) is 17.7 Å². The van der Waals surface area contributed by atoms with E-state index in [1.54, 1.807) is 4.90 Å². The summed E-state index contributed by atoms with van der Waals surface area (Å²) in [4.78, 5) is 17.0. The number of rotatable bonds is 1. The smallest absolute Gasteiger partial charge is 0.410 e. The van der Waals surface area contributed by atoms with Gasteiger partial charge in [0.2, 0.25) is 0 Å². The van der Waals surface area contributed by atoms with Crippen LogP contribution in [-0.4, -0.2) is 34.7 Å². The van der Waals surface area contributed by atoms with E-state index in [4.69, 9.17) is 10.3 Å². The fourth-order valence-electron chi connectivity index (χ4n) is 2.83. The fraction of sp³-hybridized carbons (Fsp3) is 0.923. The van der Waals surface area contributed by atoms with Crippen molar-refractivity contribution in [3.05, 3.63) is 10.4 Å². The summed E-state index contributed by atoms with van der Waals surface area (Å²) in [6, 6.07) is -0.149. The van der Waals surface area contributed by atoms with Crippen molar-refractivity contribution in [3.8, 4) is 0 Å². The summed E-state index contributed by atoms with van der Waals surface area (Å²) >= 11 is 0. The number of hydrogen-bond acceptors (Lipinski definition) is 3. The molecule has 6 heteroatoms. The molecule has 1 unspecified atom stereocenters. The summed E-state index contributed by atoms with van der Waals surface area (Å²) < 4.78 is 5.47. The van der Waals surface area contributed by atoms with E-state index in [1.807, 2.05) is 20.8 Å². The molecule has 1 spiro atoms. The molecule has 1 saturated carbocycles. The standard InChI is InChI=1S/C13H22N4O2/c1-9-7-13(5-6-13)17(8-10(9)15-16-14)11(18)19-12(2,3)4/h9-10H,5-8H2,1-4H3/t9-,10?/m1/s1. The number of likely N-dealkylation sites (tertiary alicyclic amines) is 1. The Bertz CT molecular complexity index is 419. The van der Waals surface area contributed by atoms with E-state index in [9.17, 15) is 4.79 Å². The van der Waals surface area contributed by atoms with Gasteiger partial charge in [-0.2, -0.15) is 0 Å². The Kier molecular flexibility index (Phi) is 3.39. The molecule has 0 radical (unpaired) electrons. The van der Waals surface area contributed by atoms with Gasteiger partial charge in [0, 0.05) is 17.0 Å². The molecule has 1 saturated heterocycles. The molecule has 0 aromatic carbocycles. The van der Waals surface area contributed by atoms with Crippen LogP contribution in [0.4, 0.5) is 4.79 Å². The molecule has 19 heavy (non-hydrogen) atoms. The Labute approximate surface area is 113 Å². The van der Waals surface area contributed by atoms with E-state index < -0.39 is 5.60 Å². The summed E-state index contributed by atoms with van der Waals surface area (Å²) in [5.74, 6) is 0.317. The predicted molar refractivity (Wildman–Crippen MR) is 71.6 cm³/mol. The van der Waals surface area contributed by atoms with Gasteiger partial charge in [0.05, 0.1) is 6.04 Å². The third-order valence-corrected chi connectivity index (χ3v) is 3.94. The van der Waals surface area contributed by atoms with Gasteiger partial charge in [-0.05, 0) is 51.5 Å². The first-order valence-electron chi connectivity index (χ1n) is 6.82. The number of nitrogens with zero attached hydrogens (tertiary/aromatic N) is 4. The zero-order valence-electron chi connectivity index (χ0n) is 12.1. The van der Waals surface area contributed by atoms with Crippen LogP contribution in [0, 0.1) is 5.92 Å². The van der Waals surface area contributed by atoms with E-state index in [2.05, 4.69) is 16.9 Å². The normalized spacial score (nSPS) is 28.7. The van der Waals surface area contributed by atoms with Crippen LogP contribution >= 0.6 is 0 Å². The van der Waals surface area contributed by atoms with E-state index in [0.717, 1.165) is 19.3 Å². The molecule has 1 heterocycles. The van der Waals surface area contributed by atoms with Gasteiger partial charge in [0.15, 0.2) is 0 Å². The maximum atomic E-state index is 12.3. The Balaban J connectivity index is 2.13. The van der Waals surface area contributed by atoms with Crippen LogP contribution < -0.4 is 0 Å². The Morgan fingerprint density at radius 2 is 2.11 bits per heavy atom. The number of azide groups is 1. The molecule has 0 N–H and O–H groups in total. The van der Waals surface area contributed by atoms with Crippen molar-refractivity contribution >= 4 is 6.09 Å². The second-order valence-electron chi connectivity index (χ2n) is 6.77. The number of carbonyl (C=O) groups is 1. The topological polar surface area (TPSA) is 78.3 Å². The van der Waals surface area contributed by atoms with E-state index in [0.29, 0.717) is 12.5 Å². The van der Waals surface area contributed by atoms with E-state index in [1.165, 1.54) is 0 Å². The molecule has 2 aliphatic rings. The molecular formula is C13H22N4O2. The van der Waals surface area contributed by atoms with Crippen molar-refractivity contribution in [1.82, 2.24) is 4.90 Å². The van der Waals surface area contributed by atoms with Crippen LogP contribution in [0.15, 0.2) is 5.11 Å². The van der Waals surface area contributed by atoms with Crippen molar-refractivity contribution in [1.29, 1.82) is 0 Å². The van der Waals surface area contributed by atoms with Crippen molar-refractivity contribution < 1.29 is 9.53 Å². The lowest BCUT2D eigenvalue weighted by molar-refractivity contribution is -0.00262. The fourth-order valence-corrected chi connectivity index (χ4v) is 2.83. The van der Waals surface area contributed by atoms with Crippen molar-refractivity contribution in [2.24, 2.45) is 11.0 Å². The molecule has 0 aromatic heterocycles. The Morgan fingerprint density at radius 3 is 2.58 bits per heavy atom. The minimum Gasteiger partial charge on any atom is -0.444 e. The van der Waals surface area contributed by atoms with Crippen LogP contribution in [0.3, 0.4) is 0 Å². The largest absolute Gasteiger partial charge is 0.444 e. The first-order chi connectivity index (χ1) is 8.77. The minimum absolute atomic E-state index is 0.0385. The number of amides is 1. The van der Waals surface area contributed by atoms with Gasteiger partial charge in [-0.1, -0.05) is 12.0 Å². The Morgan fingerprint density at radius 1 is 1.47 bits per heavy atom. The number of hydrogen-bond donors (Lipinski definition) is 0. The molecule has 1 amide bonds. The van der Waals surface area contributed by atoms with Crippen molar-refractivity contribution in [2.45, 2.75) is 64.1 Å². The molecule has 6 nitrogen and oxygen atoms in total. The maximum absolute atomic E-state index is 12.3. The zero-order valence-corrected chi connectivity index (χ0v) is 12.1. The minimum atomic E-state index is -0.496. The van der Waals surface area contributed by atoms with Gasteiger partial charge in [0.1, 0.15) is 5.60 Å². The molecule has 2 rings (SSSR count). The summed E-state index contributed by atoms with van der Waals surface area (Å²) in [6.07, 6.45) is 2.67. The highest BCUT2D eigenvalue weighted by molar-refractivity contribution is 5.70. The molecule has 1 aliphatic carbocycles. The monoisotopic (exact) mass is 266 g/mol. The molecule has 106 valence electrons. The summed E-state index contributed by atoms with van der Waals surface area (Å²) in [5, 5.41) is 3.82. The van der Waals surface area contributed by atoms with Crippen LogP contribution in [-0.2, 0) is 4.74 Å². The first-order valence-corrected chi connectivity index (χ1v) is 6.82. The summed E-state index contributed by atoms with van der Waals surface area (Å²) in [7, 11) is 0. The molecule has 0 aromatic rings. The van der Waals surface area contributed by atoms with Crippen molar-refractivity contribution in [3.63, 3.8) is 0 Å².